The monoisotopic (exact) mass is 296 g/mol. The molecule has 2 atom stereocenters. The standard InChI is InChI=1S/C19H24N2O/c1-22-17-13-11-16(12-14-17)21-19-10-6-5-9-18(19)20-15-7-3-2-4-8-15/h2-4,7-8,11-14,18-21H,5-6,9-10H2,1H3/t18-,19-/m0/s1. The highest BCUT2D eigenvalue weighted by Crippen LogP contribution is 2.26. The molecule has 0 unspecified atom stereocenters. The molecule has 2 N–H and O–H groups in total. The summed E-state index contributed by atoms with van der Waals surface area (Å²) in [5.74, 6) is 0.896. The van der Waals surface area contributed by atoms with Gasteiger partial charge < -0.3 is 15.4 Å². The van der Waals surface area contributed by atoms with E-state index in [1.807, 2.05) is 12.1 Å². The second kappa shape index (κ2) is 7.21. The molecule has 0 bridgehead atoms. The molecule has 22 heavy (non-hydrogen) atoms. The average Bonchev–Trinajstić information content (AvgIpc) is 2.58. The molecule has 0 saturated heterocycles. The lowest BCUT2D eigenvalue weighted by Gasteiger charge is -2.34. The Labute approximate surface area is 132 Å². The summed E-state index contributed by atoms with van der Waals surface area (Å²) in [5.41, 5.74) is 2.36. The fourth-order valence-corrected chi connectivity index (χ4v) is 3.13. The first-order valence-corrected chi connectivity index (χ1v) is 8.07. The van der Waals surface area contributed by atoms with Crippen LogP contribution in [0.25, 0.3) is 0 Å². The van der Waals surface area contributed by atoms with Crippen molar-refractivity contribution in [1.29, 1.82) is 0 Å². The highest BCUT2D eigenvalue weighted by atomic mass is 16.5. The predicted molar refractivity (Wildman–Crippen MR) is 92.7 cm³/mol. The van der Waals surface area contributed by atoms with Crippen molar-refractivity contribution in [2.75, 3.05) is 17.7 Å². The van der Waals surface area contributed by atoms with Crippen LogP contribution in [0.15, 0.2) is 54.6 Å². The van der Waals surface area contributed by atoms with Gasteiger partial charge >= 0.3 is 0 Å². The van der Waals surface area contributed by atoms with Crippen molar-refractivity contribution < 1.29 is 4.74 Å². The van der Waals surface area contributed by atoms with E-state index in [0.717, 1.165) is 11.4 Å². The Morgan fingerprint density at radius 2 is 1.32 bits per heavy atom. The first-order valence-electron chi connectivity index (χ1n) is 8.07. The SMILES string of the molecule is COc1ccc(N[C@H]2CCCC[C@@H]2Nc2ccccc2)cc1. The third kappa shape index (κ3) is 3.73. The van der Waals surface area contributed by atoms with Crippen LogP contribution in [0, 0.1) is 0 Å². The quantitative estimate of drug-likeness (QED) is 0.850. The largest absolute Gasteiger partial charge is 0.497 e. The molecule has 0 heterocycles. The van der Waals surface area contributed by atoms with Gasteiger partial charge in [0.15, 0.2) is 0 Å². The zero-order valence-corrected chi connectivity index (χ0v) is 13.1. The van der Waals surface area contributed by atoms with E-state index < -0.39 is 0 Å². The lowest BCUT2D eigenvalue weighted by Crippen LogP contribution is -2.41. The first-order chi connectivity index (χ1) is 10.8. The van der Waals surface area contributed by atoms with E-state index >= 15 is 0 Å². The number of para-hydroxylation sites is 1. The highest BCUT2D eigenvalue weighted by molar-refractivity contribution is 5.49. The van der Waals surface area contributed by atoms with Crippen LogP contribution < -0.4 is 15.4 Å². The molecule has 3 rings (SSSR count). The Morgan fingerprint density at radius 1 is 0.773 bits per heavy atom. The molecule has 1 saturated carbocycles. The number of anilines is 2. The molecular formula is C19H24N2O. The lowest BCUT2D eigenvalue weighted by atomic mass is 9.90. The molecule has 2 aromatic rings. The van der Waals surface area contributed by atoms with Crippen molar-refractivity contribution in [1.82, 2.24) is 0 Å². The van der Waals surface area contributed by atoms with Crippen LogP contribution in [-0.2, 0) is 0 Å². The summed E-state index contributed by atoms with van der Waals surface area (Å²) >= 11 is 0. The Morgan fingerprint density at radius 3 is 1.86 bits per heavy atom. The van der Waals surface area contributed by atoms with E-state index in [9.17, 15) is 0 Å². The summed E-state index contributed by atoms with van der Waals surface area (Å²) in [5, 5.41) is 7.37. The van der Waals surface area contributed by atoms with Crippen LogP contribution in [-0.4, -0.2) is 19.2 Å². The van der Waals surface area contributed by atoms with Crippen molar-refractivity contribution >= 4 is 11.4 Å². The third-order valence-corrected chi connectivity index (χ3v) is 4.33. The molecule has 3 nitrogen and oxygen atoms in total. The smallest absolute Gasteiger partial charge is 0.119 e. The number of rotatable bonds is 5. The van der Waals surface area contributed by atoms with Gasteiger partial charge in [-0.1, -0.05) is 31.0 Å². The number of nitrogens with one attached hydrogen (secondary N) is 2. The van der Waals surface area contributed by atoms with Crippen molar-refractivity contribution in [3.8, 4) is 5.75 Å². The molecule has 0 aliphatic heterocycles. The van der Waals surface area contributed by atoms with Gasteiger partial charge in [0.1, 0.15) is 5.75 Å². The average molecular weight is 296 g/mol. The summed E-state index contributed by atoms with van der Waals surface area (Å²) in [6, 6.07) is 19.6. The predicted octanol–water partition coefficient (Wildman–Crippen LogP) is 4.53. The minimum atomic E-state index is 0.461. The van der Waals surface area contributed by atoms with E-state index in [2.05, 4.69) is 53.1 Å². The van der Waals surface area contributed by atoms with E-state index in [4.69, 9.17) is 4.74 Å². The van der Waals surface area contributed by atoms with E-state index in [1.165, 1.54) is 31.4 Å². The van der Waals surface area contributed by atoms with Crippen LogP contribution >= 0.6 is 0 Å². The third-order valence-electron chi connectivity index (χ3n) is 4.33. The zero-order chi connectivity index (χ0) is 15.2. The maximum absolute atomic E-state index is 5.22. The van der Waals surface area contributed by atoms with Crippen molar-refractivity contribution in [2.24, 2.45) is 0 Å². The van der Waals surface area contributed by atoms with Gasteiger partial charge in [0.25, 0.3) is 0 Å². The maximum Gasteiger partial charge on any atom is 0.119 e. The van der Waals surface area contributed by atoms with Crippen LogP contribution in [0.4, 0.5) is 11.4 Å². The Kier molecular flexibility index (Phi) is 4.84. The van der Waals surface area contributed by atoms with Crippen LogP contribution in [0.1, 0.15) is 25.7 Å². The summed E-state index contributed by atoms with van der Waals surface area (Å²) in [6.45, 7) is 0. The van der Waals surface area contributed by atoms with Crippen LogP contribution in [0.3, 0.4) is 0 Å². The zero-order valence-electron chi connectivity index (χ0n) is 13.1. The fraction of sp³-hybridized carbons (Fsp3) is 0.368. The van der Waals surface area contributed by atoms with E-state index in [0.29, 0.717) is 12.1 Å². The number of ether oxygens (including phenoxy) is 1. The Bertz CT molecular complexity index is 568. The normalized spacial score (nSPS) is 21.1. The maximum atomic E-state index is 5.22. The molecule has 1 fully saturated rings. The summed E-state index contributed by atoms with van der Waals surface area (Å²) < 4.78 is 5.22. The van der Waals surface area contributed by atoms with Gasteiger partial charge in [0.2, 0.25) is 0 Å². The molecule has 0 aromatic heterocycles. The molecule has 0 spiro atoms. The molecular weight excluding hydrogens is 272 g/mol. The molecule has 1 aliphatic rings. The molecule has 3 heteroatoms. The number of benzene rings is 2. The Balaban J connectivity index is 1.66. The van der Waals surface area contributed by atoms with Gasteiger partial charge in [-0.2, -0.15) is 0 Å². The van der Waals surface area contributed by atoms with Crippen molar-refractivity contribution in [3.05, 3.63) is 54.6 Å². The minimum Gasteiger partial charge on any atom is -0.497 e. The van der Waals surface area contributed by atoms with Gasteiger partial charge in [-0.05, 0) is 49.2 Å². The van der Waals surface area contributed by atoms with Crippen LogP contribution in [0.2, 0.25) is 0 Å². The Hall–Kier alpha value is -2.16. The summed E-state index contributed by atoms with van der Waals surface area (Å²) in [6.07, 6.45) is 5.01. The lowest BCUT2D eigenvalue weighted by molar-refractivity contribution is 0.414. The molecule has 1 aliphatic carbocycles. The second-order valence-electron chi connectivity index (χ2n) is 5.88. The highest BCUT2D eigenvalue weighted by Gasteiger charge is 2.24. The molecule has 0 amide bonds. The van der Waals surface area contributed by atoms with Gasteiger partial charge in [-0.25, -0.2) is 0 Å². The van der Waals surface area contributed by atoms with Gasteiger partial charge in [0.05, 0.1) is 7.11 Å². The van der Waals surface area contributed by atoms with Crippen LogP contribution in [0.5, 0.6) is 5.75 Å². The van der Waals surface area contributed by atoms with Gasteiger partial charge in [-0.15, -0.1) is 0 Å². The molecule has 2 aromatic carbocycles. The fourth-order valence-electron chi connectivity index (χ4n) is 3.13. The number of hydrogen-bond acceptors (Lipinski definition) is 3. The topological polar surface area (TPSA) is 33.3 Å². The van der Waals surface area contributed by atoms with Crippen molar-refractivity contribution in [3.63, 3.8) is 0 Å². The first kappa shape index (κ1) is 14.8. The number of methoxy groups -OCH3 is 1. The van der Waals surface area contributed by atoms with Gasteiger partial charge in [-0.3, -0.25) is 0 Å². The number of hydrogen-bond donors (Lipinski definition) is 2. The van der Waals surface area contributed by atoms with E-state index in [-0.39, 0.29) is 0 Å². The molecule has 116 valence electrons. The summed E-state index contributed by atoms with van der Waals surface area (Å²) in [4.78, 5) is 0. The molecule has 0 radical (unpaired) electrons. The second-order valence-corrected chi connectivity index (χ2v) is 5.88. The minimum absolute atomic E-state index is 0.461. The summed E-state index contributed by atoms with van der Waals surface area (Å²) in [7, 11) is 1.70. The van der Waals surface area contributed by atoms with Crippen molar-refractivity contribution in [2.45, 2.75) is 37.8 Å². The van der Waals surface area contributed by atoms with E-state index in [1.54, 1.807) is 7.11 Å². The van der Waals surface area contributed by atoms with Gasteiger partial charge in [0, 0.05) is 23.5 Å².